The number of ether oxygens (including phenoxy) is 2. The van der Waals surface area contributed by atoms with E-state index in [2.05, 4.69) is 21.2 Å². The number of rotatable bonds is 2. The largest absolute Gasteiger partial charge is 0.454 e. The van der Waals surface area contributed by atoms with Crippen LogP contribution < -0.4 is 19.7 Å². The molecular formula is C23H21N5O2S. The van der Waals surface area contributed by atoms with E-state index in [1.807, 2.05) is 48.5 Å². The van der Waals surface area contributed by atoms with Crippen LogP contribution in [0.1, 0.15) is 12.0 Å². The van der Waals surface area contributed by atoms with Crippen molar-refractivity contribution in [2.45, 2.75) is 6.42 Å². The summed E-state index contributed by atoms with van der Waals surface area (Å²) >= 11 is 5.63. The quantitative estimate of drug-likeness (QED) is 0.615. The molecule has 1 aromatic heterocycles. The molecule has 1 fully saturated rings. The summed E-state index contributed by atoms with van der Waals surface area (Å²) in [5, 5.41) is 14.7. The van der Waals surface area contributed by atoms with E-state index in [4.69, 9.17) is 26.7 Å². The summed E-state index contributed by atoms with van der Waals surface area (Å²) in [6, 6.07) is 17.9. The molecule has 0 bridgehead atoms. The second-order valence-corrected chi connectivity index (χ2v) is 7.88. The number of hydrogen-bond acceptors (Lipinski definition) is 6. The third kappa shape index (κ3) is 3.92. The van der Waals surface area contributed by atoms with Crippen LogP contribution in [0.4, 0.5) is 11.5 Å². The number of para-hydroxylation sites is 1. The van der Waals surface area contributed by atoms with Gasteiger partial charge in [0.15, 0.2) is 16.6 Å². The highest BCUT2D eigenvalue weighted by Gasteiger charge is 2.22. The monoisotopic (exact) mass is 431 g/mol. The molecule has 2 aliphatic rings. The van der Waals surface area contributed by atoms with Gasteiger partial charge >= 0.3 is 0 Å². The van der Waals surface area contributed by atoms with E-state index < -0.39 is 0 Å². The van der Waals surface area contributed by atoms with Gasteiger partial charge in [0.05, 0.1) is 11.1 Å². The molecule has 0 aliphatic carbocycles. The van der Waals surface area contributed by atoms with Crippen LogP contribution in [0.5, 0.6) is 11.5 Å². The van der Waals surface area contributed by atoms with Crippen LogP contribution in [0.15, 0.2) is 48.5 Å². The van der Waals surface area contributed by atoms with Crippen molar-refractivity contribution in [3.63, 3.8) is 0 Å². The molecule has 5 rings (SSSR count). The minimum absolute atomic E-state index is 0.211. The van der Waals surface area contributed by atoms with Gasteiger partial charge in [0.1, 0.15) is 11.9 Å². The number of aromatic nitrogens is 1. The second kappa shape index (κ2) is 8.28. The molecule has 7 nitrogen and oxygen atoms in total. The Bertz CT molecular complexity index is 1180. The Morgan fingerprint density at radius 3 is 2.65 bits per heavy atom. The fraction of sp³-hybridized carbons (Fsp3) is 0.261. The zero-order chi connectivity index (χ0) is 21.2. The zero-order valence-electron chi connectivity index (χ0n) is 16.9. The third-order valence-corrected chi connectivity index (χ3v) is 5.88. The van der Waals surface area contributed by atoms with Crippen LogP contribution in [0.3, 0.4) is 0 Å². The Hall–Kier alpha value is -3.57. The Balaban J connectivity index is 1.36. The number of anilines is 2. The molecule has 31 heavy (non-hydrogen) atoms. The Morgan fingerprint density at radius 2 is 1.84 bits per heavy atom. The van der Waals surface area contributed by atoms with Crippen molar-refractivity contribution in [1.29, 1.82) is 5.26 Å². The first-order chi connectivity index (χ1) is 15.2. The molecule has 156 valence electrons. The van der Waals surface area contributed by atoms with Crippen LogP contribution in [0.2, 0.25) is 0 Å². The van der Waals surface area contributed by atoms with Gasteiger partial charge in [-0.2, -0.15) is 5.26 Å². The molecule has 0 amide bonds. The summed E-state index contributed by atoms with van der Waals surface area (Å²) in [5.74, 6) is 2.09. The van der Waals surface area contributed by atoms with Gasteiger partial charge in [0.25, 0.3) is 0 Å². The predicted molar refractivity (Wildman–Crippen MR) is 124 cm³/mol. The second-order valence-electron chi connectivity index (χ2n) is 7.49. The summed E-state index contributed by atoms with van der Waals surface area (Å²) in [4.78, 5) is 9.18. The van der Waals surface area contributed by atoms with Gasteiger partial charge in [-0.05, 0) is 42.9 Å². The third-order valence-electron chi connectivity index (χ3n) is 5.52. The fourth-order valence-corrected chi connectivity index (χ4v) is 4.23. The number of pyridine rings is 1. The smallest absolute Gasteiger partial charge is 0.231 e. The molecule has 1 N–H and O–H groups in total. The predicted octanol–water partition coefficient (Wildman–Crippen LogP) is 3.74. The Morgan fingerprint density at radius 1 is 1.03 bits per heavy atom. The number of hydrogen-bond donors (Lipinski definition) is 1. The summed E-state index contributed by atoms with van der Waals surface area (Å²) in [5.41, 5.74) is 2.33. The van der Waals surface area contributed by atoms with Gasteiger partial charge in [-0.1, -0.05) is 18.2 Å². The summed E-state index contributed by atoms with van der Waals surface area (Å²) < 4.78 is 10.9. The molecule has 0 radical (unpaired) electrons. The lowest BCUT2D eigenvalue weighted by Gasteiger charge is -2.25. The molecule has 1 saturated heterocycles. The van der Waals surface area contributed by atoms with E-state index in [-0.39, 0.29) is 6.79 Å². The normalized spacial score (nSPS) is 15.5. The molecule has 0 spiro atoms. The van der Waals surface area contributed by atoms with Crippen LogP contribution in [-0.2, 0) is 0 Å². The molecule has 0 unspecified atom stereocenters. The first-order valence-electron chi connectivity index (χ1n) is 10.2. The fourth-order valence-electron chi connectivity index (χ4n) is 3.93. The molecule has 3 aromatic rings. The molecule has 0 atom stereocenters. The van der Waals surface area contributed by atoms with E-state index in [0.717, 1.165) is 49.2 Å². The minimum atomic E-state index is 0.211. The Kier molecular flexibility index (Phi) is 5.18. The number of nitriles is 1. The minimum Gasteiger partial charge on any atom is -0.454 e. The van der Waals surface area contributed by atoms with Crippen LogP contribution in [0, 0.1) is 11.3 Å². The first-order valence-corrected chi connectivity index (χ1v) is 10.6. The highest BCUT2D eigenvalue weighted by molar-refractivity contribution is 7.80. The van der Waals surface area contributed by atoms with Crippen molar-refractivity contribution in [2.75, 3.05) is 43.2 Å². The number of thiocarbonyl (C=S) groups is 1. The first kappa shape index (κ1) is 19.4. The SMILES string of the molecule is N#Cc1cc2cc3c(cc2nc1N1CCCN(C(=S)Nc2ccccc2)CC1)OCO3. The lowest BCUT2D eigenvalue weighted by atomic mass is 10.1. The molecule has 0 saturated carbocycles. The lowest BCUT2D eigenvalue weighted by Crippen LogP contribution is -2.38. The van der Waals surface area contributed by atoms with Crippen LogP contribution in [-0.4, -0.2) is 48.0 Å². The van der Waals surface area contributed by atoms with Crippen molar-refractivity contribution in [1.82, 2.24) is 9.88 Å². The maximum absolute atomic E-state index is 9.76. The van der Waals surface area contributed by atoms with Crippen LogP contribution in [0.25, 0.3) is 10.9 Å². The Labute approximate surface area is 185 Å². The highest BCUT2D eigenvalue weighted by Crippen LogP contribution is 2.37. The van der Waals surface area contributed by atoms with Gasteiger partial charge in [0, 0.05) is 43.3 Å². The van der Waals surface area contributed by atoms with Gasteiger partial charge in [-0.3, -0.25) is 0 Å². The van der Waals surface area contributed by atoms with Gasteiger partial charge in [0.2, 0.25) is 6.79 Å². The molecule has 8 heteroatoms. The zero-order valence-corrected chi connectivity index (χ0v) is 17.7. The number of nitrogens with one attached hydrogen (secondary N) is 1. The van der Waals surface area contributed by atoms with E-state index in [0.29, 0.717) is 28.0 Å². The van der Waals surface area contributed by atoms with Crippen molar-refractivity contribution >= 4 is 39.7 Å². The van der Waals surface area contributed by atoms with E-state index in [9.17, 15) is 5.26 Å². The lowest BCUT2D eigenvalue weighted by molar-refractivity contribution is 0.174. The standard InChI is InChI=1S/C23H21N5O2S/c24-14-17-11-16-12-20-21(30-15-29-20)13-19(16)26-22(17)27-7-4-8-28(10-9-27)23(31)25-18-5-2-1-3-6-18/h1-3,5-6,11-13H,4,7-10,15H2,(H,25,31). The van der Waals surface area contributed by atoms with E-state index in [1.54, 1.807) is 0 Å². The van der Waals surface area contributed by atoms with Crippen molar-refractivity contribution in [3.8, 4) is 17.6 Å². The average Bonchev–Trinajstić information content (AvgIpc) is 3.10. The van der Waals surface area contributed by atoms with Gasteiger partial charge < -0.3 is 24.6 Å². The maximum Gasteiger partial charge on any atom is 0.231 e. The van der Waals surface area contributed by atoms with Crippen molar-refractivity contribution in [3.05, 3.63) is 54.1 Å². The van der Waals surface area contributed by atoms with Gasteiger partial charge in [-0.25, -0.2) is 4.98 Å². The molecular weight excluding hydrogens is 410 g/mol. The molecule has 2 aliphatic heterocycles. The summed E-state index contributed by atoms with van der Waals surface area (Å²) in [6.45, 7) is 3.35. The molecule has 2 aromatic carbocycles. The maximum atomic E-state index is 9.76. The average molecular weight is 432 g/mol. The highest BCUT2D eigenvalue weighted by atomic mass is 32.1. The molecule has 3 heterocycles. The number of benzene rings is 2. The number of nitrogens with zero attached hydrogens (tertiary/aromatic N) is 4. The van der Waals surface area contributed by atoms with Crippen molar-refractivity contribution in [2.24, 2.45) is 0 Å². The topological polar surface area (TPSA) is 73.7 Å². The van der Waals surface area contributed by atoms with E-state index in [1.165, 1.54) is 0 Å². The summed E-state index contributed by atoms with van der Waals surface area (Å²) in [6.07, 6.45) is 0.919. The van der Waals surface area contributed by atoms with Crippen molar-refractivity contribution < 1.29 is 9.47 Å². The van der Waals surface area contributed by atoms with Crippen LogP contribution >= 0.6 is 12.2 Å². The van der Waals surface area contributed by atoms with Gasteiger partial charge in [-0.15, -0.1) is 0 Å². The summed E-state index contributed by atoms with van der Waals surface area (Å²) in [7, 11) is 0. The number of fused-ring (bicyclic) bond motifs is 2. The van der Waals surface area contributed by atoms with E-state index >= 15 is 0 Å².